The van der Waals surface area contributed by atoms with Crippen molar-refractivity contribution in [2.75, 3.05) is 19.8 Å². The molecule has 1 aliphatic heterocycles. The molecule has 4 aromatic rings. The zero-order valence-electron chi connectivity index (χ0n) is 24.8. The maximum atomic E-state index is 14.4. The Hall–Kier alpha value is -4.38. The van der Waals surface area contributed by atoms with Crippen molar-refractivity contribution in [1.29, 1.82) is 0 Å². The molecule has 0 radical (unpaired) electrons. The van der Waals surface area contributed by atoms with Gasteiger partial charge in [-0.1, -0.05) is 93.3 Å². The van der Waals surface area contributed by atoms with E-state index in [0.717, 1.165) is 15.6 Å². The molecule has 1 heterocycles. The molecule has 2 atom stereocenters. The molecule has 0 saturated heterocycles. The normalized spacial score (nSPS) is 17.0. The van der Waals surface area contributed by atoms with Crippen molar-refractivity contribution in [1.82, 2.24) is 10.9 Å². The highest BCUT2D eigenvalue weighted by Gasteiger charge is 2.54. The van der Waals surface area contributed by atoms with E-state index in [1.165, 1.54) is 0 Å². The number of carbonyl (C=O) groups is 1. The lowest BCUT2D eigenvalue weighted by Gasteiger charge is -2.31. The van der Waals surface area contributed by atoms with Crippen LogP contribution in [-0.4, -0.2) is 42.2 Å². The summed E-state index contributed by atoms with van der Waals surface area (Å²) in [6.45, 7) is 0.831. The van der Waals surface area contributed by atoms with Crippen molar-refractivity contribution in [2.45, 2.75) is 30.9 Å². The molecular formula is C34H32BrClN6O4. The number of azide groups is 1. The van der Waals surface area contributed by atoms with Gasteiger partial charge in [-0.25, -0.2) is 10.4 Å². The van der Waals surface area contributed by atoms with Crippen molar-refractivity contribution < 1.29 is 19.4 Å². The third-order valence-corrected chi connectivity index (χ3v) is 8.64. The number of rotatable bonds is 14. The molecule has 1 aliphatic rings. The number of aliphatic hydroxyl groups is 1. The lowest BCUT2D eigenvalue weighted by atomic mass is 9.81. The fourth-order valence-electron chi connectivity index (χ4n) is 5.19. The van der Waals surface area contributed by atoms with Gasteiger partial charge in [0.2, 0.25) is 5.90 Å². The molecule has 46 heavy (non-hydrogen) atoms. The highest BCUT2D eigenvalue weighted by molar-refractivity contribution is 9.10. The first-order chi connectivity index (χ1) is 22.4. The van der Waals surface area contributed by atoms with Crippen LogP contribution in [0.3, 0.4) is 0 Å². The molecule has 0 aromatic heterocycles. The Kier molecular flexibility index (Phi) is 11.3. The third-order valence-electron chi connectivity index (χ3n) is 7.50. The van der Waals surface area contributed by atoms with Crippen molar-refractivity contribution in [3.63, 3.8) is 0 Å². The number of amides is 1. The number of nitrogens with one attached hydrogen (secondary N) is 2. The van der Waals surface area contributed by atoms with Crippen LogP contribution in [0.15, 0.2) is 112 Å². The van der Waals surface area contributed by atoms with Crippen LogP contribution in [0.2, 0.25) is 5.02 Å². The molecular weight excluding hydrogens is 672 g/mol. The highest BCUT2D eigenvalue weighted by atomic mass is 79.9. The minimum atomic E-state index is -1.52. The van der Waals surface area contributed by atoms with E-state index in [-0.39, 0.29) is 18.9 Å². The van der Waals surface area contributed by atoms with E-state index >= 15 is 0 Å². The first kappa shape index (κ1) is 33.0. The van der Waals surface area contributed by atoms with Crippen LogP contribution in [0.5, 0.6) is 5.75 Å². The van der Waals surface area contributed by atoms with E-state index in [0.29, 0.717) is 53.6 Å². The summed E-state index contributed by atoms with van der Waals surface area (Å²) in [6, 6.07) is 29.4. The van der Waals surface area contributed by atoms with Crippen LogP contribution >= 0.6 is 27.5 Å². The minimum Gasteiger partial charge on any atom is -0.494 e. The molecule has 0 unspecified atom stereocenters. The van der Waals surface area contributed by atoms with Crippen LogP contribution in [0.1, 0.15) is 34.8 Å². The maximum absolute atomic E-state index is 14.4. The van der Waals surface area contributed by atoms with E-state index in [1.54, 1.807) is 48.5 Å². The van der Waals surface area contributed by atoms with Crippen LogP contribution in [0.25, 0.3) is 10.4 Å². The number of benzene rings is 4. The van der Waals surface area contributed by atoms with Gasteiger partial charge in [-0.3, -0.25) is 10.2 Å². The fraction of sp³-hybridized carbons (Fsp3) is 0.235. The number of hydrogen-bond acceptors (Lipinski definition) is 7. The van der Waals surface area contributed by atoms with E-state index in [9.17, 15) is 10.3 Å². The second-order valence-corrected chi connectivity index (χ2v) is 11.8. The summed E-state index contributed by atoms with van der Waals surface area (Å²) in [6.07, 6.45) is 0.302. The molecule has 5 rings (SSSR count). The van der Waals surface area contributed by atoms with Gasteiger partial charge in [0.05, 0.1) is 6.61 Å². The van der Waals surface area contributed by atoms with Gasteiger partial charge < -0.3 is 14.6 Å². The number of aliphatic imine (C=N–C) groups is 1. The van der Waals surface area contributed by atoms with Crippen molar-refractivity contribution >= 4 is 45.0 Å². The predicted octanol–water partition coefficient (Wildman–Crippen LogP) is 7.17. The number of ether oxygens (including phenoxy) is 2. The Bertz CT molecular complexity index is 1750. The molecule has 0 bridgehead atoms. The molecule has 0 spiro atoms. The Morgan fingerprint density at radius 1 is 1.04 bits per heavy atom. The quantitative estimate of drug-likeness (QED) is 0.0420. The second-order valence-electron chi connectivity index (χ2n) is 10.5. The molecule has 4 aromatic carbocycles. The topological polar surface area (TPSA) is 141 Å². The monoisotopic (exact) mass is 702 g/mol. The Labute approximate surface area is 280 Å². The van der Waals surface area contributed by atoms with Crippen LogP contribution in [0.4, 0.5) is 5.69 Å². The SMILES string of the molecule is [N-]=[N+]=Nc1ccccc1[C@@H]1OC(c2ccc(OCCCO)cc2)=N[C@]1(Cc1ccccc1Br)C(=O)NNCCc1ccccc1Cl. The maximum Gasteiger partial charge on any atom is 0.266 e. The summed E-state index contributed by atoms with van der Waals surface area (Å²) >= 11 is 9.97. The number of aliphatic hydroxyl groups excluding tert-OH is 1. The summed E-state index contributed by atoms with van der Waals surface area (Å²) in [5.41, 5.74) is 17.0. The van der Waals surface area contributed by atoms with E-state index in [4.69, 9.17) is 31.2 Å². The van der Waals surface area contributed by atoms with Crippen molar-refractivity contribution in [2.24, 2.45) is 10.1 Å². The number of hydrogen-bond donors (Lipinski definition) is 3. The van der Waals surface area contributed by atoms with E-state index < -0.39 is 17.6 Å². The summed E-state index contributed by atoms with van der Waals surface area (Å²) in [7, 11) is 0. The van der Waals surface area contributed by atoms with Crippen molar-refractivity contribution in [3.05, 3.63) is 139 Å². The summed E-state index contributed by atoms with van der Waals surface area (Å²) in [5.74, 6) is 0.448. The number of hydrazine groups is 1. The molecule has 10 nitrogen and oxygen atoms in total. The number of halogens is 2. The van der Waals surface area contributed by atoms with Gasteiger partial charge in [-0.2, -0.15) is 0 Å². The van der Waals surface area contributed by atoms with Crippen LogP contribution in [0, 0.1) is 0 Å². The molecule has 0 saturated carbocycles. The second kappa shape index (κ2) is 15.8. The van der Waals surface area contributed by atoms with Gasteiger partial charge in [0, 0.05) is 57.2 Å². The largest absolute Gasteiger partial charge is 0.494 e. The van der Waals surface area contributed by atoms with E-state index in [2.05, 4.69) is 36.8 Å². The van der Waals surface area contributed by atoms with Crippen LogP contribution in [-0.2, 0) is 22.4 Å². The number of carbonyl (C=O) groups excluding carboxylic acids is 1. The standard InChI is InChI=1S/C34H32BrClN6O4/c35-28-11-4-1-9-25(28)22-34(33(44)41-38-19-18-23-8-2-5-12-29(23)36)31(27-10-3-6-13-30(27)40-42-37)46-32(39-34)24-14-16-26(17-15-24)45-21-7-20-43/h1-6,8-17,31,38,43H,7,18-22H2,(H,41,44)/t31-,34-/m0/s1. The molecule has 0 fully saturated rings. The van der Waals surface area contributed by atoms with Crippen LogP contribution < -0.4 is 15.6 Å². The van der Waals surface area contributed by atoms with Gasteiger partial charge in [0.1, 0.15) is 5.75 Å². The number of nitrogens with zero attached hydrogens (tertiary/aromatic N) is 4. The molecule has 236 valence electrons. The lowest BCUT2D eigenvalue weighted by Crippen LogP contribution is -2.54. The summed E-state index contributed by atoms with van der Waals surface area (Å²) in [4.78, 5) is 22.5. The first-order valence-corrected chi connectivity index (χ1v) is 15.9. The highest BCUT2D eigenvalue weighted by Crippen LogP contribution is 2.46. The van der Waals surface area contributed by atoms with Gasteiger partial charge in [0.15, 0.2) is 11.6 Å². The van der Waals surface area contributed by atoms with Gasteiger partial charge in [-0.05, 0) is 59.5 Å². The molecule has 1 amide bonds. The first-order valence-electron chi connectivity index (χ1n) is 14.7. The Morgan fingerprint density at radius 3 is 2.50 bits per heavy atom. The fourth-order valence-corrected chi connectivity index (χ4v) is 5.84. The minimum absolute atomic E-state index is 0.0397. The molecule has 0 aliphatic carbocycles. The van der Waals surface area contributed by atoms with Gasteiger partial charge in [0.25, 0.3) is 5.91 Å². The van der Waals surface area contributed by atoms with Crippen molar-refractivity contribution in [3.8, 4) is 5.75 Å². The third kappa shape index (κ3) is 7.70. The smallest absolute Gasteiger partial charge is 0.266 e. The van der Waals surface area contributed by atoms with Gasteiger partial charge in [-0.15, -0.1) is 0 Å². The lowest BCUT2D eigenvalue weighted by molar-refractivity contribution is -0.130. The van der Waals surface area contributed by atoms with E-state index in [1.807, 2.05) is 48.5 Å². The average Bonchev–Trinajstić information content (AvgIpc) is 3.46. The zero-order valence-corrected chi connectivity index (χ0v) is 27.1. The summed E-state index contributed by atoms with van der Waals surface area (Å²) < 4.78 is 13.1. The summed E-state index contributed by atoms with van der Waals surface area (Å²) in [5, 5.41) is 13.6. The zero-order chi connectivity index (χ0) is 32.4. The Morgan fingerprint density at radius 2 is 1.76 bits per heavy atom. The molecule has 3 N–H and O–H groups in total. The average molecular weight is 704 g/mol. The van der Waals surface area contributed by atoms with Gasteiger partial charge >= 0.3 is 0 Å². The Balaban J connectivity index is 1.54. The molecule has 12 heteroatoms. The predicted molar refractivity (Wildman–Crippen MR) is 181 cm³/mol.